The van der Waals surface area contributed by atoms with E-state index >= 15 is 4.39 Å². The van der Waals surface area contributed by atoms with Gasteiger partial charge in [-0.15, -0.1) is 0 Å². The average molecular weight is 531 g/mol. The molecule has 0 saturated heterocycles. The number of hydrogen-bond donors (Lipinski definition) is 0. The summed E-state index contributed by atoms with van der Waals surface area (Å²) in [5.74, 6) is 1.20. The second-order valence-corrected chi connectivity index (χ2v) is 12.6. The third-order valence-corrected chi connectivity index (χ3v) is 9.62. The number of ether oxygens (including phenoxy) is 2. The van der Waals surface area contributed by atoms with Gasteiger partial charge in [-0.1, -0.05) is 77.0 Å². The summed E-state index contributed by atoms with van der Waals surface area (Å²) >= 11 is 0. The molecule has 0 aliphatic heterocycles. The van der Waals surface area contributed by atoms with Gasteiger partial charge in [0.25, 0.3) is 0 Å². The van der Waals surface area contributed by atoms with Crippen molar-refractivity contribution in [1.29, 1.82) is 0 Å². The van der Waals surface area contributed by atoms with E-state index in [9.17, 15) is 4.39 Å². The summed E-state index contributed by atoms with van der Waals surface area (Å²) in [6.07, 6.45) is 23.6. The lowest BCUT2D eigenvalue weighted by Gasteiger charge is -2.31. The van der Waals surface area contributed by atoms with E-state index in [-0.39, 0.29) is 17.8 Å². The zero-order valence-corrected chi connectivity index (χ0v) is 24.1. The Morgan fingerprint density at radius 2 is 1.39 bits per heavy atom. The molecule has 38 heavy (non-hydrogen) atoms. The first-order chi connectivity index (χ1) is 18.6. The Morgan fingerprint density at radius 1 is 0.684 bits per heavy atom. The summed E-state index contributed by atoms with van der Waals surface area (Å²) < 4.78 is 42.1. The number of hydrogen-bond acceptors (Lipinski definition) is 2. The van der Waals surface area contributed by atoms with Crippen LogP contribution in [0.4, 0.5) is 8.78 Å². The zero-order chi connectivity index (χ0) is 26.7. The van der Waals surface area contributed by atoms with Crippen LogP contribution < -0.4 is 4.74 Å². The fourth-order valence-electron chi connectivity index (χ4n) is 7.04. The lowest BCUT2D eigenvalue weighted by Crippen LogP contribution is -2.24. The first kappa shape index (κ1) is 29.6. The second kappa shape index (κ2) is 15.4. The molecule has 0 heterocycles. The molecule has 214 valence electrons. The molecule has 0 radical (unpaired) electrons. The minimum Gasteiger partial charge on any atom is -0.490 e. The monoisotopic (exact) mass is 530 g/mol. The Balaban J connectivity index is 1.18. The number of unbranched alkanes of at least 4 members (excludes halogenated alkanes) is 2. The van der Waals surface area contributed by atoms with E-state index in [4.69, 9.17) is 9.47 Å². The van der Waals surface area contributed by atoms with Crippen LogP contribution in [0.2, 0.25) is 0 Å². The van der Waals surface area contributed by atoms with Crippen molar-refractivity contribution in [3.8, 4) is 5.75 Å². The predicted molar refractivity (Wildman–Crippen MR) is 153 cm³/mol. The van der Waals surface area contributed by atoms with Crippen LogP contribution in [0.1, 0.15) is 128 Å². The molecule has 2 unspecified atom stereocenters. The van der Waals surface area contributed by atoms with E-state index in [0.29, 0.717) is 24.0 Å². The first-order valence-electron chi connectivity index (χ1n) is 16.0. The number of allylic oxidation sites excluding steroid dienone is 1. The highest BCUT2D eigenvalue weighted by Gasteiger charge is 2.28. The van der Waals surface area contributed by atoms with Crippen LogP contribution in [0.3, 0.4) is 0 Å². The highest BCUT2D eigenvalue weighted by atomic mass is 19.2. The van der Waals surface area contributed by atoms with Gasteiger partial charge in [0.15, 0.2) is 11.6 Å². The fraction of sp³-hybridized carbons (Fsp3) is 0.765. The third kappa shape index (κ3) is 8.54. The smallest absolute Gasteiger partial charge is 0.200 e. The predicted octanol–water partition coefficient (Wildman–Crippen LogP) is 10.2. The van der Waals surface area contributed by atoms with Crippen molar-refractivity contribution >= 4 is 0 Å². The molecule has 4 heteroatoms. The molecule has 3 aliphatic rings. The number of rotatable bonds is 13. The van der Waals surface area contributed by atoms with Crippen molar-refractivity contribution in [3.05, 3.63) is 41.5 Å². The molecule has 1 aromatic carbocycles. The van der Waals surface area contributed by atoms with Gasteiger partial charge in [0.2, 0.25) is 5.82 Å². The van der Waals surface area contributed by atoms with Gasteiger partial charge in [0, 0.05) is 5.92 Å². The van der Waals surface area contributed by atoms with Crippen molar-refractivity contribution < 1.29 is 18.3 Å². The standard InChI is InChI=1S/C34H52F2O2/c1-3-5-6-8-26-11-15-28(16-12-26)24-38-32-22-21-31(33(35)34(32)36)29-17-19-30(20-18-29)37-23-27-13-9-25(7-4-2)10-14-27/h9,13,21-22,25-30H,3-8,10-12,14-20,23-24H2,1-2H3. The summed E-state index contributed by atoms with van der Waals surface area (Å²) in [6.45, 7) is 5.79. The maximum atomic E-state index is 15.1. The molecule has 2 atom stereocenters. The molecule has 0 N–H and O–H groups in total. The molecular formula is C34H52F2O2. The maximum absolute atomic E-state index is 15.1. The van der Waals surface area contributed by atoms with Gasteiger partial charge in [-0.25, -0.2) is 4.39 Å². The summed E-state index contributed by atoms with van der Waals surface area (Å²) in [4.78, 5) is 0. The molecule has 2 nitrogen and oxygen atoms in total. The Labute approximate surface area is 231 Å². The molecule has 2 saturated carbocycles. The average Bonchev–Trinajstić information content (AvgIpc) is 2.95. The highest BCUT2D eigenvalue weighted by Crippen LogP contribution is 2.38. The van der Waals surface area contributed by atoms with E-state index in [1.807, 2.05) is 0 Å². The van der Waals surface area contributed by atoms with E-state index in [1.54, 1.807) is 12.1 Å². The highest BCUT2D eigenvalue weighted by molar-refractivity contribution is 5.33. The molecule has 0 amide bonds. The van der Waals surface area contributed by atoms with Gasteiger partial charge in [-0.05, 0) is 93.1 Å². The van der Waals surface area contributed by atoms with Gasteiger partial charge in [-0.3, -0.25) is 0 Å². The topological polar surface area (TPSA) is 18.5 Å². The van der Waals surface area contributed by atoms with Crippen molar-refractivity contribution in [1.82, 2.24) is 0 Å². The molecule has 0 aromatic heterocycles. The van der Waals surface area contributed by atoms with Crippen LogP contribution in [-0.4, -0.2) is 19.3 Å². The van der Waals surface area contributed by atoms with Gasteiger partial charge in [0.05, 0.1) is 19.3 Å². The summed E-state index contributed by atoms with van der Waals surface area (Å²) in [7, 11) is 0. The van der Waals surface area contributed by atoms with Crippen molar-refractivity contribution in [3.63, 3.8) is 0 Å². The fourth-order valence-corrected chi connectivity index (χ4v) is 7.04. The van der Waals surface area contributed by atoms with E-state index in [1.165, 1.54) is 64.2 Å². The molecular weight excluding hydrogens is 478 g/mol. The van der Waals surface area contributed by atoms with Gasteiger partial charge in [-0.2, -0.15) is 4.39 Å². The van der Waals surface area contributed by atoms with Crippen LogP contribution in [0.25, 0.3) is 0 Å². The van der Waals surface area contributed by atoms with Crippen LogP contribution >= 0.6 is 0 Å². The van der Waals surface area contributed by atoms with Crippen LogP contribution in [-0.2, 0) is 4.74 Å². The molecule has 4 rings (SSSR count). The molecule has 1 aromatic rings. The van der Waals surface area contributed by atoms with E-state index in [0.717, 1.165) is 57.0 Å². The molecule has 0 bridgehead atoms. The van der Waals surface area contributed by atoms with Crippen molar-refractivity contribution in [2.45, 2.75) is 129 Å². The van der Waals surface area contributed by atoms with Crippen molar-refractivity contribution in [2.24, 2.45) is 23.7 Å². The largest absolute Gasteiger partial charge is 0.490 e. The quantitative estimate of drug-likeness (QED) is 0.187. The van der Waals surface area contributed by atoms with Gasteiger partial charge < -0.3 is 9.47 Å². The Hall–Kier alpha value is -1.42. The van der Waals surface area contributed by atoms with E-state index in [2.05, 4.69) is 26.0 Å². The van der Waals surface area contributed by atoms with Crippen LogP contribution in [0.15, 0.2) is 24.3 Å². The normalized spacial score (nSPS) is 29.9. The second-order valence-electron chi connectivity index (χ2n) is 12.6. The minimum absolute atomic E-state index is 0.0609. The summed E-state index contributed by atoms with van der Waals surface area (Å²) in [5, 5.41) is 0. The zero-order valence-electron chi connectivity index (χ0n) is 24.1. The first-order valence-corrected chi connectivity index (χ1v) is 16.0. The third-order valence-electron chi connectivity index (χ3n) is 9.62. The Kier molecular flexibility index (Phi) is 12.0. The van der Waals surface area contributed by atoms with Gasteiger partial charge >= 0.3 is 0 Å². The lowest BCUT2D eigenvalue weighted by molar-refractivity contribution is 0.00903. The SMILES string of the molecule is CCCCCC1CCC(COc2ccc(C3CCC(OCC4C=CC(CCC)CC4)CC3)c(F)c2F)CC1. The lowest BCUT2D eigenvalue weighted by atomic mass is 9.80. The molecule has 2 fully saturated rings. The molecule has 0 spiro atoms. The summed E-state index contributed by atoms with van der Waals surface area (Å²) in [5.41, 5.74) is 0.512. The number of benzene rings is 1. The molecule has 3 aliphatic carbocycles. The van der Waals surface area contributed by atoms with E-state index < -0.39 is 11.6 Å². The summed E-state index contributed by atoms with van der Waals surface area (Å²) in [6, 6.07) is 3.43. The Morgan fingerprint density at radius 3 is 2.08 bits per heavy atom. The minimum atomic E-state index is -0.806. The van der Waals surface area contributed by atoms with Gasteiger partial charge in [0.1, 0.15) is 0 Å². The Bertz CT molecular complexity index is 852. The van der Waals surface area contributed by atoms with Crippen LogP contribution in [0.5, 0.6) is 5.75 Å². The number of halogens is 2. The van der Waals surface area contributed by atoms with Crippen molar-refractivity contribution in [2.75, 3.05) is 13.2 Å². The van der Waals surface area contributed by atoms with Crippen LogP contribution in [0, 0.1) is 35.3 Å². The maximum Gasteiger partial charge on any atom is 0.200 e.